The van der Waals surface area contributed by atoms with E-state index in [1.54, 1.807) is 0 Å². The molecule has 2 aliphatic rings. The maximum absolute atomic E-state index is 6.63. The maximum atomic E-state index is 6.63. The van der Waals surface area contributed by atoms with Gasteiger partial charge in [-0.1, -0.05) is 170 Å². The third-order valence-corrected chi connectivity index (χ3v) is 11.2. The molecule has 0 amide bonds. The van der Waals surface area contributed by atoms with Gasteiger partial charge in [0, 0.05) is 16.2 Å². The summed E-state index contributed by atoms with van der Waals surface area (Å²) in [4.78, 5) is 5.36. The van der Waals surface area contributed by atoms with Crippen LogP contribution >= 0.6 is 0 Å². The molecule has 1 aliphatic carbocycles. The molecule has 2 nitrogen and oxygen atoms in total. The van der Waals surface area contributed by atoms with E-state index >= 15 is 0 Å². The molecular formula is C53H39NO. The molecule has 0 N–H and O–H groups in total. The van der Waals surface area contributed by atoms with Crippen molar-refractivity contribution in [2.24, 2.45) is 4.99 Å². The molecule has 8 aromatic rings. The van der Waals surface area contributed by atoms with Crippen molar-refractivity contribution in [3.63, 3.8) is 0 Å². The molecule has 10 rings (SSSR count). The monoisotopic (exact) mass is 705 g/mol. The number of fused-ring (bicyclic) bond motifs is 5. The molecule has 0 radical (unpaired) electrons. The fraction of sp³-hybridized carbons (Fsp3) is 0.0755. The number of aliphatic imine (C=N–C) groups is 1. The highest BCUT2D eigenvalue weighted by molar-refractivity contribution is 6.22. The first-order chi connectivity index (χ1) is 27.2. The second-order valence-corrected chi connectivity index (χ2v) is 14.6. The van der Waals surface area contributed by atoms with Gasteiger partial charge in [-0.2, -0.15) is 0 Å². The van der Waals surface area contributed by atoms with Gasteiger partial charge in [0.05, 0.1) is 11.8 Å². The van der Waals surface area contributed by atoms with Crippen molar-refractivity contribution in [3.05, 3.63) is 216 Å². The Morgan fingerprint density at radius 2 is 1.22 bits per heavy atom. The molecule has 1 atom stereocenters. The quantitative estimate of drug-likeness (QED) is 0.169. The van der Waals surface area contributed by atoms with Crippen molar-refractivity contribution in [2.75, 3.05) is 0 Å². The van der Waals surface area contributed by atoms with Crippen molar-refractivity contribution in [2.45, 2.75) is 25.3 Å². The minimum Gasteiger partial charge on any atom is -0.455 e. The van der Waals surface area contributed by atoms with E-state index in [-0.39, 0.29) is 6.04 Å². The minimum atomic E-state index is 0.0123. The van der Waals surface area contributed by atoms with E-state index in [4.69, 9.17) is 9.41 Å². The molecule has 0 spiro atoms. The first-order valence-electron chi connectivity index (χ1n) is 19.2. The Morgan fingerprint density at radius 1 is 0.564 bits per heavy atom. The van der Waals surface area contributed by atoms with Crippen molar-refractivity contribution in [1.82, 2.24) is 0 Å². The van der Waals surface area contributed by atoms with Gasteiger partial charge in [-0.25, -0.2) is 0 Å². The summed E-state index contributed by atoms with van der Waals surface area (Å²) in [5, 5.41) is 4.60. The van der Waals surface area contributed by atoms with Crippen LogP contribution in [0.15, 0.2) is 215 Å². The molecule has 0 saturated heterocycles. The number of allylic oxidation sites excluding steroid dienone is 6. The number of furan rings is 1. The van der Waals surface area contributed by atoms with Gasteiger partial charge in [-0.3, -0.25) is 4.99 Å². The zero-order valence-electron chi connectivity index (χ0n) is 30.6. The van der Waals surface area contributed by atoms with Crippen LogP contribution in [-0.4, -0.2) is 5.71 Å². The van der Waals surface area contributed by atoms with Gasteiger partial charge in [-0.05, 0) is 104 Å². The Morgan fingerprint density at radius 3 is 1.95 bits per heavy atom. The largest absolute Gasteiger partial charge is 0.455 e. The average molecular weight is 706 g/mol. The van der Waals surface area contributed by atoms with Crippen molar-refractivity contribution >= 4 is 38.4 Å². The molecule has 262 valence electrons. The van der Waals surface area contributed by atoms with Gasteiger partial charge < -0.3 is 4.42 Å². The highest BCUT2D eigenvalue weighted by Gasteiger charge is 2.22. The summed E-state index contributed by atoms with van der Waals surface area (Å²) in [6.45, 7) is 4.55. The van der Waals surface area contributed by atoms with E-state index in [9.17, 15) is 0 Å². The number of benzene rings is 7. The summed E-state index contributed by atoms with van der Waals surface area (Å²) < 4.78 is 6.63. The maximum Gasteiger partial charge on any atom is 0.143 e. The molecule has 2 heterocycles. The smallest absolute Gasteiger partial charge is 0.143 e. The van der Waals surface area contributed by atoms with Gasteiger partial charge >= 0.3 is 0 Å². The van der Waals surface area contributed by atoms with Crippen molar-refractivity contribution < 1.29 is 4.42 Å². The Bertz CT molecular complexity index is 2870. The van der Waals surface area contributed by atoms with Crippen LogP contribution in [0.5, 0.6) is 0 Å². The Hall–Kier alpha value is -6.77. The van der Waals surface area contributed by atoms with E-state index in [2.05, 4.69) is 189 Å². The van der Waals surface area contributed by atoms with Gasteiger partial charge in [0.2, 0.25) is 0 Å². The second-order valence-electron chi connectivity index (χ2n) is 14.6. The molecule has 7 aromatic carbocycles. The number of nitrogens with zero attached hydrogens (tertiary/aromatic N) is 1. The van der Waals surface area contributed by atoms with Crippen LogP contribution in [0.2, 0.25) is 0 Å². The van der Waals surface area contributed by atoms with Crippen molar-refractivity contribution in [3.8, 4) is 33.4 Å². The van der Waals surface area contributed by atoms with E-state index in [0.717, 1.165) is 69.0 Å². The van der Waals surface area contributed by atoms with Crippen LogP contribution in [-0.2, 0) is 0 Å². The predicted octanol–water partition coefficient (Wildman–Crippen LogP) is 14.4. The Balaban J connectivity index is 1.01. The summed E-state index contributed by atoms with van der Waals surface area (Å²) in [6, 6.07) is 56.4. The number of rotatable bonds is 6. The highest BCUT2D eigenvalue weighted by Crippen LogP contribution is 2.43. The van der Waals surface area contributed by atoms with Gasteiger partial charge in [0.25, 0.3) is 0 Å². The molecule has 0 bridgehead atoms. The first-order valence-corrected chi connectivity index (χ1v) is 19.2. The normalized spacial score (nSPS) is 15.9. The van der Waals surface area contributed by atoms with Crippen LogP contribution < -0.4 is 0 Å². The topological polar surface area (TPSA) is 25.5 Å². The third kappa shape index (κ3) is 6.06. The zero-order valence-corrected chi connectivity index (χ0v) is 30.6. The molecule has 1 unspecified atom stereocenters. The summed E-state index contributed by atoms with van der Waals surface area (Å²) in [7, 11) is 0. The van der Waals surface area contributed by atoms with E-state index < -0.39 is 0 Å². The van der Waals surface area contributed by atoms with Crippen LogP contribution in [0.4, 0.5) is 0 Å². The summed E-state index contributed by atoms with van der Waals surface area (Å²) in [5.41, 5.74) is 15.8. The first kappa shape index (κ1) is 32.8. The molecule has 0 fully saturated rings. The fourth-order valence-electron chi connectivity index (χ4n) is 8.38. The van der Waals surface area contributed by atoms with E-state index in [1.165, 1.54) is 49.9 Å². The van der Waals surface area contributed by atoms with Gasteiger partial charge in [0.15, 0.2) is 0 Å². The Kier molecular flexibility index (Phi) is 8.30. The van der Waals surface area contributed by atoms with Crippen LogP contribution in [0.25, 0.3) is 66.1 Å². The summed E-state index contributed by atoms with van der Waals surface area (Å²) in [6.07, 6.45) is 12.0. The van der Waals surface area contributed by atoms with Crippen LogP contribution in [0.1, 0.15) is 36.4 Å². The molecule has 55 heavy (non-hydrogen) atoms. The average Bonchev–Trinajstić information content (AvgIpc) is 3.55. The van der Waals surface area contributed by atoms with Crippen LogP contribution in [0.3, 0.4) is 0 Å². The highest BCUT2D eigenvalue weighted by atomic mass is 16.3. The van der Waals surface area contributed by atoms with Crippen LogP contribution in [0, 0.1) is 0 Å². The lowest BCUT2D eigenvalue weighted by atomic mass is 9.89. The van der Waals surface area contributed by atoms with Crippen molar-refractivity contribution in [1.29, 1.82) is 0 Å². The lowest BCUT2D eigenvalue weighted by molar-refractivity contribution is 0.673. The SMILES string of the molecule is C=C1CC(c2ccccc2)N=C(c2ccc(-c3ccc(-c4cccc5oc6c7ccccc7c(-c7ccccc7)cc6c45)cc3)cc2)C=C1C1=CCCC=C1. The lowest BCUT2D eigenvalue weighted by Crippen LogP contribution is -2.01. The fourth-order valence-corrected chi connectivity index (χ4v) is 8.38. The molecular weight excluding hydrogens is 667 g/mol. The second kappa shape index (κ2) is 13.9. The molecule has 2 heteroatoms. The van der Waals surface area contributed by atoms with Gasteiger partial charge in [-0.15, -0.1) is 0 Å². The lowest BCUT2D eigenvalue weighted by Gasteiger charge is -2.16. The standard InChI is InChI=1S/C53H39NO/c1-35-32-49(41-18-9-4-10-19-41)54-50(34-46(35)38-14-5-2-6-15-38)42-30-26-37(27-31-42)36-24-28-40(29-25-36)43-22-13-23-51-52(43)48-33-47(39-16-7-3-8-17-39)44-20-11-12-21-45(44)53(48)55-51/h3-5,7-31,33-34,49H,1-2,6,32H2. The third-order valence-electron chi connectivity index (χ3n) is 11.2. The predicted molar refractivity (Wildman–Crippen MR) is 232 cm³/mol. The molecule has 1 aromatic heterocycles. The zero-order chi connectivity index (χ0) is 36.7. The number of hydrogen-bond acceptors (Lipinski definition) is 2. The summed E-state index contributed by atoms with van der Waals surface area (Å²) >= 11 is 0. The number of hydrogen-bond donors (Lipinski definition) is 0. The molecule has 1 aliphatic heterocycles. The Labute approximate surface area is 321 Å². The van der Waals surface area contributed by atoms with E-state index in [0.29, 0.717) is 0 Å². The van der Waals surface area contributed by atoms with E-state index in [1.807, 2.05) is 0 Å². The molecule has 0 saturated carbocycles. The minimum absolute atomic E-state index is 0.0123. The summed E-state index contributed by atoms with van der Waals surface area (Å²) in [5.74, 6) is 0. The van der Waals surface area contributed by atoms with Gasteiger partial charge in [0.1, 0.15) is 11.2 Å².